The summed E-state index contributed by atoms with van der Waals surface area (Å²) in [7, 11) is 3.89. The Labute approximate surface area is 280 Å². The molecule has 2 aliphatic carbocycles. The number of para-hydroxylation sites is 1. The Bertz CT molecular complexity index is 1780. The molecule has 2 fully saturated rings. The number of nitrogens with zero attached hydrogens (tertiary/aromatic N) is 2. The van der Waals surface area contributed by atoms with Crippen molar-refractivity contribution in [1.29, 1.82) is 0 Å². The van der Waals surface area contributed by atoms with Crippen molar-refractivity contribution in [3.63, 3.8) is 0 Å². The highest BCUT2D eigenvalue weighted by Crippen LogP contribution is 2.67. The quantitative estimate of drug-likeness (QED) is 0.189. The smallest absolute Gasteiger partial charge is 0.378 e. The van der Waals surface area contributed by atoms with Crippen LogP contribution in [0.3, 0.4) is 0 Å². The second kappa shape index (κ2) is 12.6. The number of aromatic amines is 1. The minimum Gasteiger partial charge on any atom is -0.378 e. The van der Waals surface area contributed by atoms with Crippen LogP contribution in [0.4, 0.5) is 24.5 Å². The number of alkyl halides is 3. The van der Waals surface area contributed by atoms with Gasteiger partial charge in [0, 0.05) is 55.0 Å². The monoisotopic (exact) mass is 658 g/mol. The Hall–Kier alpha value is -4.27. The van der Waals surface area contributed by atoms with Crippen LogP contribution in [0.1, 0.15) is 80.7 Å². The third-order valence-corrected chi connectivity index (χ3v) is 10.9. The number of carbonyl (C=O) groups is 2. The molecule has 0 unspecified atom stereocenters. The van der Waals surface area contributed by atoms with Gasteiger partial charge in [0.1, 0.15) is 5.54 Å². The van der Waals surface area contributed by atoms with Crippen LogP contribution in [0.2, 0.25) is 0 Å². The minimum atomic E-state index is -4.46. The molecule has 254 valence electrons. The van der Waals surface area contributed by atoms with E-state index in [0.717, 1.165) is 53.7 Å². The number of hydrogen-bond donors (Lipinski definition) is 2. The number of hydrogen-bond acceptors (Lipinski definition) is 3. The van der Waals surface area contributed by atoms with Gasteiger partial charge in [-0.2, -0.15) is 13.2 Å². The van der Waals surface area contributed by atoms with Gasteiger partial charge in [-0.25, -0.2) is 0 Å². The van der Waals surface area contributed by atoms with Crippen molar-refractivity contribution in [3.05, 3.63) is 95.2 Å². The summed E-state index contributed by atoms with van der Waals surface area (Å²) in [6.45, 7) is 6.51. The fourth-order valence-corrected chi connectivity index (χ4v) is 8.00. The Morgan fingerprint density at radius 2 is 1.56 bits per heavy atom. The van der Waals surface area contributed by atoms with Gasteiger partial charge in [-0.3, -0.25) is 9.59 Å². The maximum atomic E-state index is 14.7. The maximum Gasteiger partial charge on any atom is 0.416 e. The average Bonchev–Trinajstić information content (AvgIpc) is 3.40. The average molecular weight is 659 g/mol. The summed E-state index contributed by atoms with van der Waals surface area (Å²) >= 11 is 0. The number of H-pyrrole nitrogens is 1. The second-order valence-corrected chi connectivity index (χ2v) is 14.5. The van der Waals surface area contributed by atoms with Crippen LogP contribution < -0.4 is 10.2 Å². The van der Waals surface area contributed by atoms with Crippen molar-refractivity contribution in [2.24, 2.45) is 11.3 Å². The number of halogens is 3. The fourth-order valence-electron chi connectivity index (χ4n) is 8.00. The van der Waals surface area contributed by atoms with E-state index in [4.69, 9.17) is 0 Å². The Morgan fingerprint density at radius 3 is 2.19 bits per heavy atom. The van der Waals surface area contributed by atoms with E-state index in [1.54, 1.807) is 4.90 Å². The van der Waals surface area contributed by atoms with E-state index >= 15 is 0 Å². The summed E-state index contributed by atoms with van der Waals surface area (Å²) in [6.07, 6.45) is -0.754. The van der Waals surface area contributed by atoms with Gasteiger partial charge in [-0.05, 0) is 90.6 Å². The summed E-state index contributed by atoms with van der Waals surface area (Å²) in [6, 6.07) is 20.7. The number of aromatic nitrogens is 1. The lowest BCUT2D eigenvalue weighted by Gasteiger charge is -2.45. The topological polar surface area (TPSA) is 68.4 Å². The van der Waals surface area contributed by atoms with Crippen molar-refractivity contribution in [1.82, 2.24) is 9.88 Å². The van der Waals surface area contributed by atoms with E-state index in [0.29, 0.717) is 24.1 Å². The lowest BCUT2D eigenvalue weighted by atomic mass is 9.78. The zero-order valence-corrected chi connectivity index (χ0v) is 28.4. The van der Waals surface area contributed by atoms with Gasteiger partial charge < -0.3 is 20.1 Å². The first kappa shape index (κ1) is 33.6. The van der Waals surface area contributed by atoms with Crippen LogP contribution in [0, 0.1) is 18.3 Å². The first-order chi connectivity index (χ1) is 22.7. The first-order valence-corrected chi connectivity index (χ1v) is 16.8. The molecular formula is C39H45F3N4O2. The Kier molecular flexibility index (Phi) is 8.85. The third kappa shape index (κ3) is 6.31. The molecule has 6 nitrogen and oxygen atoms in total. The molecule has 0 radical (unpaired) electrons. The summed E-state index contributed by atoms with van der Waals surface area (Å²) in [4.78, 5) is 36.3. The molecule has 2 N–H and O–H groups in total. The molecule has 0 spiro atoms. The van der Waals surface area contributed by atoms with Gasteiger partial charge in [0.2, 0.25) is 11.8 Å². The van der Waals surface area contributed by atoms with Crippen molar-refractivity contribution >= 4 is 34.1 Å². The van der Waals surface area contributed by atoms with Crippen LogP contribution >= 0.6 is 0 Å². The van der Waals surface area contributed by atoms with Gasteiger partial charge in [0.05, 0.1) is 5.56 Å². The molecule has 4 aromatic rings. The molecule has 6 rings (SSSR count). The van der Waals surface area contributed by atoms with Crippen LogP contribution in [-0.4, -0.2) is 41.3 Å². The highest BCUT2D eigenvalue weighted by Gasteiger charge is 2.60. The highest BCUT2D eigenvalue weighted by atomic mass is 19.4. The second-order valence-electron chi connectivity index (χ2n) is 14.5. The molecule has 0 saturated heterocycles. The lowest BCUT2D eigenvalue weighted by Crippen LogP contribution is -2.59. The van der Waals surface area contributed by atoms with E-state index in [9.17, 15) is 22.8 Å². The zero-order valence-electron chi connectivity index (χ0n) is 28.4. The van der Waals surface area contributed by atoms with E-state index in [-0.39, 0.29) is 42.0 Å². The summed E-state index contributed by atoms with van der Waals surface area (Å²) in [5.74, 6) is -0.204. The van der Waals surface area contributed by atoms with Crippen LogP contribution in [0.25, 0.3) is 10.9 Å². The molecule has 0 aliphatic heterocycles. The molecule has 1 aromatic heterocycles. The normalized spacial score (nSPS) is 19.9. The number of benzene rings is 3. The lowest BCUT2D eigenvalue weighted by molar-refractivity contribution is -0.149. The molecule has 9 heteroatoms. The van der Waals surface area contributed by atoms with Gasteiger partial charge in [0.25, 0.3) is 0 Å². The number of carbonyl (C=O) groups excluding carboxylic acids is 2. The zero-order chi connectivity index (χ0) is 34.4. The Morgan fingerprint density at radius 1 is 0.917 bits per heavy atom. The van der Waals surface area contributed by atoms with Gasteiger partial charge in [-0.1, -0.05) is 63.4 Å². The van der Waals surface area contributed by atoms with Crippen LogP contribution in [0.5, 0.6) is 0 Å². The summed E-state index contributed by atoms with van der Waals surface area (Å²) in [5, 5.41) is 4.27. The molecule has 2 atom stereocenters. The van der Waals surface area contributed by atoms with Gasteiger partial charge in [0.15, 0.2) is 0 Å². The molecule has 48 heavy (non-hydrogen) atoms. The predicted molar refractivity (Wildman–Crippen MR) is 185 cm³/mol. The molecule has 2 saturated carbocycles. The minimum absolute atomic E-state index is 0.0419. The Balaban J connectivity index is 1.34. The number of amides is 2. The predicted octanol–water partition coefficient (Wildman–Crippen LogP) is 9.06. The molecule has 2 amide bonds. The van der Waals surface area contributed by atoms with Gasteiger partial charge in [-0.15, -0.1) is 0 Å². The number of rotatable bonds is 9. The number of anilines is 2. The molecular weight excluding hydrogens is 613 g/mol. The van der Waals surface area contributed by atoms with Crippen molar-refractivity contribution in [3.8, 4) is 0 Å². The van der Waals surface area contributed by atoms with Crippen molar-refractivity contribution in [2.45, 2.75) is 83.5 Å². The SMILES string of the molecule is Cc1[nH]c2ccccc2c1[C@H]1[C@@H](CC(=O)N(Cc2ccc(C(F)(F)F)cc2)C2(C(=O)Nc3ccc(N(C)C)cc3)CCCCC2)C1(C)C. The van der Waals surface area contributed by atoms with Crippen molar-refractivity contribution < 1.29 is 22.8 Å². The fraction of sp³-hybridized carbons (Fsp3) is 0.436. The summed E-state index contributed by atoms with van der Waals surface area (Å²) in [5.41, 5.74) is 3.55. The highest BCUT2D eigenvalue weighted by molar-refractivity contribution is 6.01. The largest absolute Gasteiger partial charge is 0.416 e. The molecule has 2 aliphatic rings. The number of aryl methyl sites for hydroxylation is 1. The maximum absolute atomic E-state index is 14.7. The standard InChI is InChI=1S/C39H45F3N4O2/c1-25-34(30-11-7-8-12-32(30)43-25)35-31(37(35,2)3)23-33(47)46(24-26-13-15-27(16-14-26)39(40,41)42)38(21-9-6-10-22-38)36(48)44-28-17-19-29(20-18-28)45(4)5/h7-8,11-20,31,35,43H,6,9-10,21-24H2,1-5H3,(H,44,48)/t31-,35-/m1/s1. The van der Waals surface area contributed by atoms with Gasteiger partial charge >= 0.3 is 6.18 Å². The molecule has 1 heterocycles. The van der Waals surface area contributed by atoms with Crippen molar-refractivity contribution in [2.75, 3.05) is 24.3 Å². The third-order valence-electron chi connectivity index (χ3n) is 10.9. The van der Waals surface area contributed by atoms with E-state index < -0.39 is 17.3 Å². The van der Waals surface area contributed by atoms with E-state index in [1.165, 1.54) is 17.7 Å². The molecule has 0 bridgehead atoms. The van der Waals surface area contributed by atoms with Crippen LogP contribution in [-0.2, 0) is 22.3 Å². The summed E-state index contributed by atoms with van der Waals surface area (Å²) < 4.78 is 40.3. The number of nitrogens with one attached hydrogen (secondary N) is 2. The van der Waals surface area contributed by atoms with E-state index in [1.807, 2.05) is 55.4 Å². The first-order valence-electron chi connectivity index (χ1n) is 16.8. The van der Waals surface area contributed by atoms with E-state index in [2.05, 4.69) is 43.2 Å². The molecule has 3 aromatic carbocycles. The van der Waals surface area contributed by atoms with Crippen LogP contribution in [0.15, 0.2) is 72.8 Å². The number of fused-ring (bicyclic) bond motifs is 1.